The molecule has 4 rings (SSSR count). The first kappa shape index (κ1) is 23.0. The maximum Gasteiger partial charge on any atom is 0.314 e. The van der Waals surface area contributed by atoms with Crippen molar-refractivity contribution in [3.05, 3.63) is 64.8 Å². The standard InChI is InChI=1S/C24H27N7O3/c25-11-18-21(26)19(12-29-22(18)27)30-23(32)24(33)31(14-16-6-1-2-9-28-16)13-15-5-3-8-20-17(15)7-4-10-34-20/h1-2,5-6,9,11-12,25H,3-4,7-8,10,13-14H2,(H,30,32)(H4,26,27,29). The molecule has 0 radical (unpaired) electrons. The lowest BCUT2D eigenvalue weighted by molar-refractivity contribution is -0.143. The number of ether oxygens (including phenoxy) is 1. The molecule has 2 aliphatic rings. The molecule has 0 bridgehead atoms. The average Bonchev–Trinajstić information content (AvgIpc) is 2.86. The molecule has 2 aromatic rings. The fourth-order valence-electron chi connectivity index (χ4n) is 4.11. The van der Waals surface area contributed by atoms with E-state index in [9.17, 15) is 9.59 Å². The van der Waals surface area contributed by atoms with Crippen molar-refractivity contribution < 1.29 is 14.3 Å². The van der Waals surface area contributed by atoms with Crippen molar-refractivity contribution in [2.45, 2.75) is 32.2 Å². The van der Waals surface area contributed by atoms with Crippen LogP contribution in [0.2, 0.25) is 0 Å². The van der Waals surface area contributed by atoms with Crippen LogP contribution in [0.1, 0.15) is 36.9 Å². The van der Waals surface area contributed by atoms with Gasteiger partial charge in [-0.2, -0.15) is 0 Å². The Bertz CT molecular complexity index is 1170. The van der Waals surface area contributed by atoms with Crippen LogP contribution < -0.4 is 16.8 Å². The molecule has 1 aliphatic heterocycles. The smallest absolute Gasteiger partial charge is 0.314 e. The summed E-state index contributed by atoms with van der Waals surface area (Å²) in [6.45, 7) is 1.13. The lowest BCUT2D eigenvalue weighted by atomic mass is 9.91. The third-order valence-electron chi connectivity index (χ3n) is 5.84. The van der Waals surface area contributed by atoms with E-state index in [1.807, 2.05) is 6.07 Å². The molecule has 6 N–H and O–H groups in total. The maximum atomic E-state index is 13.3. The highest BCUT2D eigenvalue weighted by Crippen LogP contribution is 2.33. The van der Waals surface area contributed by atoms with E-state index in [1.54, 1.807) is 18.3 Å². The fourth-order valence-corrected chi connectivity index (χ4v) is 4.11. The number of hydrogen-bond donors (Lipinski definition) is 4. The van der Waals surface area contributed by atoms with E-state index in [1.165, 1.54) is 11.1 Å². The first-order chi connectivity index (χ1) is 16.5. The molecule has 1 aliphatic carbocycles. The van der Waals surface area contributed by atoms with Crippen LogP contribution in [0.5, 0.6) is 0 Å². The molecular formula is C24H27N7O3. The van der Waals surface area contributed by atoms with E-state index >= 15 is 0 Å². The summed E-state index contributed by atoms with van der Waals surface area (Å²) < 4.78 is 5.84. The quantitative estimate of drug-likeness (QED) is 0.379. The second-order valence-corrected chi connectivity index (χ2v) is 8.09. The van der Waals surface area contributed by atoms with Gasteiger partial charge in [0, 0.05) is 25.4 Å². The minimum atomic E-state index is -0.865. The van der Waals surface area contributed by atoms with Crippen LogP contribution >= 0.6 is 0 Å². The van der Waals surface area contributed by atoms with Gasteiger partial charge in [0.2, 0.25) is 0 Å². The van der Waals surface area contributed by atoms with Crippen LogP contribution in [0.3, 0.4) is 0 Å². The Balaban J connectivity index is 1.58. The summed E-state index contributed by atoms with van der Waals surface area (Å²) in [5.74, 6) is -0.547. The highest BCUT2D eigenvalue weighted by Gasteiger charge is 2.28. The number of nitrogens with zero attached hydrogens (tertiary/aromatic N) is 3. The van der Waals surface area contributed by atoms with Crippen molar-refractivity contribution in [1.29, 1.82) is 5.41 Å². The van der Waals surface area contributed by atoms with Gasteiger partial charge in [-0.05, 0) is 42.5 Å². The van der Waals surface area contributed by atoms with Crippen molar-refractivity contribution in [3.8, 4) is 0 Å². The lowest BCUT2D eigenvalue weighted by Gasteiger charge is -2.30. The Labute approximate surface area is 197 Å². The first-order valence-electron chi connectivity index (χ1n) is 11.1. The predicted octanol–water partition coefficient (Wildman–Crippen LogP) is 2.39. The normalized spacial score (nSPS) is 15.0. The van der Waals surface area contributed by atoms with Gasteiger partial charge >= 0.3 is 11.8 Å². The Kier molecular flexibility index (Phi) is 6.86. The first-order valence-corrected chi connectivity index (χ1v) is 11.1. The van der Waals surface area contributed by atoms with Gasteiger partial charge < -0.3 is 31.8 Å². The van der Waals surface area contributed by atoms with E-state index in [-0.39, 0.29) is 35.8 Å². The van der Waals surface area contributed by atoms with Crippen LogP contribution in [0.4, 0.5) is 17.2 Å². The number of anilines is 3. The molecular weight excluding hydrogens is 434 g/mol. The Morgan fingerprint density at radius 2 is 2.06 bits per heavy atom. The van der Waals surface area contributed by atoms with E-state index in [0.717, 1.165) is 48.8 Å². The molecule has 0 saturated carbocycles. The van der Waals surface area contributed by atoms with Gasteiger partial charge in [-0.3, -0.25) is 14.6 Å². The summed E-state index contributed by atoms with van der Waals surface area (Å²) in [6, 6.07) is 5.43. The molecule has 0 spiro atoms. The van der Waals surface area contributed by atoms with E-state index < -0.39 is 11.8 Å². The number of hydrogen-bond acceptors (Lipinski definition) is 8. The van der Waals surface area contributed by atoms with Crippen LogP contribution in [-0.4, -0.2) is 46.0 Å². The number of carbonyl (C=O) groups excluding carboxylic acids is 2. The van der Waals surface area contributed by atoms with Gasteiger partial charge in [-0.25, -0.2) is 4.98 Å². The zero-order valence-corrected chi connectivity index (χ0v) is 18.7. The van der Waals surface area contributed by atoms with Crippen molar-refractivity contribution >= 4 is 35.2 Å². The minimum absolute atomic E-state index is 0.0663. The molecule has 2 amide bonds. The van der Waals surface area contributed by atoms with E-state index in [2.05, 4.69) is 21.4 Å². The van der Waals surface area contributed by atoms with Crippen LogP contribution in [0.25, 0.3) is 0 Å². The summed E-state index contributed by atoms with van der Waals surface area (Å²) >= 11 is 0. The molecule has 2 aromatic heterocycles. The number of rotatable bonds is 6. The summed E-state index contributed by atoms with van der Waals surface area (Å²) in [7, 11) is 0. The van der Waals surface area contributed by atoms with E-state index in [0.29, 0.717) is 12.3 Å². The molecule has 0 aromatic carbocycles. The summed E-state index contributed by atoms with van der Waals surface area (Å²) in [5.41, 5.74) is 14.9. The maximum absolute atomic E-state index is 13.3. The van der Waals surface area contributed by atoms with Crippen molar-refractivity contribution in [2.75, 3.05) is 29.9 Å². The van der Waals surface area contributed by atoms with Gasteiger partial charge in [0.25, 0.3) is 0 Å². The van der Waals surface area contributed by atoms with Gasteiger partial charge in [0.05, 0.1) is 47.7 Å². The lowest BCUT2D eigenvalue weighted by Crippen LogP contribution is -2.41. The zero-order valence-electron chi connectivity index (χ0n) is 18.7. The molecule has 176 valence electrons. The molecule has 0 unspecified atom stereocenters. The Hall–Kier alpha value is -4.21. The fraction of sp³-hybridized carbons (Fsp3) is 0.292. The van der Waals surface area contributed by atoms with Gasteiger partial charge in [-0.15, -0.1) is 0 Å². The third-order valence-corrected chi connectivity index (χ3v) is 5.84. The highest BCUT2D eigenvalue weighted by atomic mass is 16.5. The Morgan fingerprint density at radius 1 is 1.21 bits per heavy atom. The number of nitrogens with one attached hydrogen (secondary N) is 2. The second-order valence-electron chi connectivity index (χ2n) is 8.09. The largest absolute Gasteiger partial charge is 0.498 e. The number of carbonyl (C=O) groups is 2. The van der Waals surface area contributed by atoms with Gasteiger partial charge in [0.15, 0.2) is 0 Å². The van der Waals surface area contributed by atoms with Crippen molar-refractivity contribution in [2.24, 2.45) is 0 Å². The topological polar surface area (TPSA) is 160 Å². The number of amides is 2. The van der Waals surface area contributed by atoms with Gasteiger partial charge in [0.1, 0.15) is 5.82 Å². The summed E-state index contributed by atoms with van der Waals surface area (Å²) in [5, 5.41) is 9.98. The molecule has 0 saturated heterocycles. The SMILES string of the molecule is N=Cc1c(N)ncc(NC(=O)C(=O)N(CC2=CCCC3=C2CCCO3)Cc2ccccn2)c1N. The molecule has 0 fully saturated rings. The number of pyridine rings is 2. The third kappa shape index (κ3) is 4.90. The minimum Gasteiger partial charge on any atom is -0.498 e. The second kappa shape index (κ2) is 10.2. The summed E-state index contributed by atoms with van der Waals surface area (Å²) in [6.07, 6.45) is 9.47. The highest BCUT2D eigenvalue weighted by molar-refractivity contribution is 6.40. The van der Waals surface area contributed by atoms with E-state index in [4.69, 9.17) is 21.6 Å². The average molecular weight is 462 g/mol. The monoisotopic (exact) mass is 461 g/mol. The predicted molar refractivity (Wildman–Crippen MR) is 129 cm³/mol. The molecule has 3 heterocycles. The van der Waals surface area contributed by atoms with Crippen molar-refractivity contribution in [3.63, 3.8) is 0 Å². The number of nitrogens with two attached hydrogens (primary N) is 2. The number of nitrogen functional groups attached to an aromatic ring is 2. The van der Waals surface area contributed by atoms with Crippen LogP contribution in [0, 0.1) is 5.41 Å². The van der Waals surface area contributed by atoms with Crippen LogP contribution in [-0.2, 0) is 20.9 Å². The molecule has 34 heavy (non-hydrogen) atoms. The number of allylic oxidation sites excluding steroid dienone is 2. The molecule has 10 nitrogen and oxygen atoms in total. The van der Waals surface area contributed by atoms with Crippen LogP contribution in [0.15, 0.2) is 53.6 Å². The Morgan fingerprint density at radius 3 is 2.82 bits per heavy atom. The zero-order chi connectivity index (χ0) is 24.1. The van der Waals surface area contributed by atoms with Gasteiger partial charge in [-0.1, -0.05) is 12.1 Å². The summed E-state index contributed by atoms with van der Waals surface area (Å²) in [4.78, 5) is 36.0. The number of aromatic nitrogens is 2. The van der Waals surface area contributed by atoms with Crippen molar-refractivity contribution in [1.82, 2.24) is 14.9 Å². The molecule has 10 heteroatoms. The molecule has 0 atom stereocenters.